The van der Waals surface area contributed by atoms with Gasteiger partial charge in [0, 0.05) is 30.4 Å². The van der Waals surface area contributed by atoms with Crippen LogP contribution >= 0.6 is 0 Å². The van der Waals surface area contributed by atoms with E-state index in [1.807, 2.05) is 25.1 Å². The lowest BCUT2D eigenvalue weighted by Gasteiger charge is -2.28. The molecule has 3 N–H and O–H groups in total. The van der Waals surface area contributed by atoms with Crippen molar-refractivity contribution in [1.82, 2.24) is 0 Å². The van der Waals surface area contributed by atoms with E-state index in [1.54, 1.807) is 7.11 Å². The molecule has 0 bridgehead atoms. The lowest BCUT2D eigenvalue weighted by atomic mass is 10.0. The fourth-order valence-corrected chi connectivity index (χ4v) is 2.27. The molecule has 0 aromatic heterocycles. The molecule has 108 valence electrons. The Balaban J connectivity index is 3.13. The van der Waals surface area contributed by atoms with E-state index in [1.165, 1.54) is 0 Å². The van der Waals surface area contributed by atoms with Crippen molar-refractivity contribution in [2.75, 3.05) is 31.7 Å². The monoisotopic (exact) mass is 266 g/mol. The van der Waals surface area contributed by atoms with E-state index < -0.39 is 0 Å². The van der Waals surface area contributed by atoms with Crippen LogP contribution in [0.1, 0.15) is 38.3 Å². The van der Waals surface area contributed by atoms with Gasteiger partial charge in [0.1, 0.15) is 5.75 Å². The minimum Gasteiger partial charge on any atom is -0.496 e. The van der Waals surface area contributed by atoms with E-state index in [-0.39, 0.29) is 12.6 Å². The Hall–Kier alpha value is -1.26. The Bertz CT molecular complexity index is 380. The van der Waals surface area contributed by atoms with Gasteiger partial charge in [0.05, 0.1) is 13.7 Å². The third-order valence-electron chi connectivity index (χ3n) is 3.21. The third kappa shape index (κ3) is 4.11. The summed E-state index contributed by atoms with van der Waals surface area (Å²) in [5.41, 5.74) is 8.16. The van der Waals surface area contributed by atoms with Gasteiger partial charge in [-0.15, -0.1) is 0 Å². The maximum Gasteiger partial charge on any atom is 0.125 e. The molecule has 0 aliphatic heterocycles. The molecule has 1 atom stereocenters. The average Bonchev–Trinajstić information content (AvgIpc) is 2.42. The number of rotatable bonds is 8. The van der Waals surface area contributed by atoms with Crippen LogP contribution in [0.5, 0.6) is 5.75 Å². The lowest BCUT2D eigenvalue weighted by Crippen LogP contribution is -2.29. The van der Waals surface area contributed by atoms with Gasteiger partial charge in [-0.05, 0) is 25.5 Å². The fraction of sp³-hybridized carbons (Fsp3) is 0.600. The quantitative estimate of drug-likeness (QED) is 0.758. The first-order valence-corrected chi connectivity index (χ1v) is 6.94. The van der Waals surface area contributed by atoms with Crippen LogP contribution in [0, 0.1) is 0 Å². The van der Waals surface area contributed by atoms with Gasteiger partial charge < -0.3 is 20.5 Å². The molecular formula is C15H26N2O2. The number of benzene rings is 1. The van der Waals surface area contributed by atoms with Crippen molar-refractivity contribution < 1.29 is 9.84 Å². The molecule has 0 radical (unpaired) electrons. The molecule has 0 fully saturated rings. The van der Waals surface area contributed by atoms with Crippen molar-refractivity contribution in [3.63, 3.8) is 0 Å². The van der Waals surface area contributed by atoms with E-state index in [4.69, 9.17) is 10.5 Å². The van der Waals surface area contributed by atoms with E-state index in [2.05, 4.69) is 11.8 Å². The standard InChI is InChI=1S/C15H26N2O2/c1-4-5-9-17(10-11-18)13-7-6-8-14(19-3)15(13)12(2)16/h6-8,12,18H,4-5,9-11,16H2,1-3H3. The number of hydrogen-bond donors (Lipinski definition) is 2. The van der Waals surface area contributed by atoms with Crippen molar-refractivity contribution in [2.24, 2.45) is 5.73 Å². The maximum atomic E-state index is 9.25. The van der Waals surface area contributed by atoms with Crippen molar-refractivity contribution >= 4 is 5.69 Å². The number of ether oxygens (including phenoxy) is 1. The van der Waals surface area contributed by atoms with Crippen molar-refractivity contribution in [1.29, 1.82) is 0 Å². The largest absolute Gasteiger partial charge is 0.496 e. The van der Waals surface area contributed by atoms with Gasteiger partial charge in [0.25, 0.3) is 0 Å². The molecule has 0 saturated carbocycles. The molecule has 0 amide bonds. The first kappa shape index (κ1) is 15.8. The molecule has 4 nitrogen and oxygen atoms in total. The highest BCUT2D eigenvalue weighted by atomic mass is 16.5. The fourth-order valence-electron chi connectivity index (χ4n) is 2.27. The molecular weight excluding hydrogens is 240 g/mol. The topological polar surface area (TPSA) is 58.7 Å². The minimum atomic E-state index is -0.103. The van der Waals surface area contributed by atoms with Gasteiger partial charge in [0.15, 0.2) is 0 Å². The molecule has 1 rings (SSSR count). The Morgan fingerprint density at radius 1 is 1.37 bits per heavy atom. The Morgan fingerprint density at radius 2 is 2.11 bits per heavy atom. The second-order valence-corrected chi connectivity index (χ2v) is 4.75. The summed E-state index contributed by atoms with van der Waals surface area (Å²) < 4.78 is 5.41. The van der Waals surface area contributed by atoms with E-state index in [9.17, 15) is 5.11 Å². The Morgan fingerprint density at radius 3 is 2.63 bits per heavy atom. The molecule has 0 saturated heterocycles. The van der Waals surface area contributed by atoms with Gasteiger partial charge >= 0.3 is 0 Å². The highest BCUT2D eigenvalue weighted by Gasteiger charge is 2.17. The number of nitrogens with zero attached hydrogens (tertiary/aromatic N) is 1. The summed E-state index contributed by atoms with van der Waals surface area (Å²) in [4.78, 5) is 2.19. The first-order chi connectivity index (χ1) is 9.15. The Labute approximate surface area is 116 Å². The van der Waals surface area contributed by atoms with E-state index in [0.717, 1.165) is 36.4 Å². The number of nitrogens with two attached hydrogens (primary N) is 1. The van der Waals surface area contributed by atoms with Crippen LogP contribution in [0.2, 0.25) is 0 Å². The zero-order valence-corrected chi connectivity index (χ0v) is 12.2. The number of unbranched alkanes of at least 4 members (excludes halogenated alkanes) is 1. The van der Waals surface area contributed by atoms with Crippen LogP contribution in [0.15, 0.2) is 18.2 Å². The normalized spacial score (nSPS) is 12.3. The van der Waals surface area contributed by atoms with Gasteiger partial charge in [-0.3, -0.25) is 0 Å². The third-order valence-corrected chi connectivity index (χ3v) is 3.21. The molecule has 19 heavy (non-hydrogen) atoms. The summed E-state index contributed by atoms with van der Waals surface area (Å²) in [5.74, 6) is 0.812. The molecule has 0 aliphatic rings. The van der Waals surface area contributed by atoms with Crippen molar-refractivity contribution in [2.45, 2.75) is 32.7 Å². The zero-order valence-electron chi connectivity index (χ0n) is 12.2. The van der Waals surface area contributed by atoms with E-state index in [0.29, 0.717) is 6.54 Å². The molecule has 0 spiro atoms. The number of hydrogen-bond acceptors (Lipinski definition) is 4. The highest BCUT2D eigenvalue weighted by Crippen LogP contribution is 2.33. The molecule has 4 heteroatoms. The lowest BCUT2D eigenvalue weighted by molar-refractivity contribution is 0.301. The predicted octanol–water partition coefficient (Wildman–Crippen LogP) is 2.31. The minimum absolute atomic E-state index is 0.103. The highest BCUT2D eigenvalue weighted by molar-refractivity contribution is 5.60. The SMILES string of the molecule is CCCCN(CCO)c1cccc(OC)c1C(C)N. The predicted molar refractivity (Wildman–Crippen MR) is 79.8 cm³/mol. The molecule has 0 heterocycles. The number of methoxy groups -OCH3 is 1. The van der Waals surface area contributed by atoms with Crippen molar-refractivity contribution in [3.8, 4) is 5.75 Å². The van der Waals surface area contributed by atoms with Crippen LogP contribution in [-0.2, 0) is 0 Å². The zero-order chi connectivity index (χ0) is 14.3. The summed E-state index contributed by atoms with van der Waals surface area (Å²) in [6.45, 7) is 5.80. The van der Waals surface area contributed by atoms with Gasteiger partial charge in [-0.2, -0.15) is 0 Å². The van der Waals surface area contributed by atoms with Crippen LogP contribution < -0.4 is 15.4 Å². The second kappa shape index (κ2) is 8.02. The van der Waals surface area contributed by atoms with Crippen LogP contribution in [-0.4, -0.2) is 31.9 Å². The molecule has 1 unspecified atom stereocenters. The smallest absolute Gasteiger partial charge is 0.125 e. The van der Waals surface area contributed by atoms with E-state index >= 15 is 0 Å². The average molecular weight is 266 g/mol. The molecule has 1 aromatic rings. The number of aliphatic hydroxyl groups is 1. The summed E-state index contributed by atoms with van der Waals surface area (Å²) in [6, 6.07) is 5.84. The summed E-state index contributed by atoms with van der Waals surface area (Å²) in [7, 11) is 1.66. The van der Waals surface area contributed by atoms with Crippen LogP contribution in [0.25, 0.3) is 0 Å². The van der Waals surface area contributed by atoms with Crippen LogP contribution in [0.4, 0.5) is 5.69 Å². The van der Waals surface area contributed by atoms with Gasteiger partial charge in [-0.25, -0.2) is 0 Å². The number of anilines is 1. The summed E-state index contributed by atoms with van der Waals surface area (Å²) in [6.07, 6.45) is 2.22. The second-order valence-electron chi connectivity index (χ2n) is 4.75. The van der Waals surface area contributed by atoms with Gasteiger partial charge in [-0.1, -0.05) is 19.4 Å². The molecule has 1 aromatic carbocycles. The first-order valence-electron chi connectivity index (χ1n) is 6.94. The maximum absolute atomic E-state index is 9.25. The number of aliphatic hydroxyl groups excluding tert-OH is 1. The van der Waals surface area contributed by atoms with Crippen molar-refractivity contribution in [3.05, 3.63) is 23.8 Å². The summed E-state index contributed by atoms with van der Waals surface area (Å²) >= 11 is 0. The Kier molecular flexibility index (Phi) is 6.67. The molecule has 0 aliphatic carbocycles. The van der Waals surface area contributed by atoms with Crippen LogP contribution in [0.3, 0.4) is 0 Å². The summed E-state index contributed by atoms with van der Waals surface area (Å²) in [5, 5.41) is 9.25. The van der Waals surface area contributed by atoms with Gasteiger partial charge in [0.2, 0.25) is 0 Å².